The zero-order valence-electron chi connectivity index (χ0n) is 11.7. The average molecular weight is 269 g/mol. The van der Waals surface area contributed by atoms with E-state index in [0.717, 1.165) is 32.1 Å². The van der Waals surface area contributed by atoms with E-state index in [1.807, 2.05) is 6.92 Å². The molecule has 0 saturated heterocycles. The molecule has 19 heavy (non-hydrogen) atoms. The van der Waals surface area contributed by atoms with Gasteiger partial charge >= 0.3 is 12.1 Å². The van der Waals surface area contributed by atoms with E-state index >= 15 is 0 Å². The second-order valence-electron chi connectivity index (χ2n) is 4.79. The maximum Gasteiger partial charge on any atom is 0.407 e. The zero-order valence-corrected chi connectivity index (χ0v) is 11.7. The molecule has 1 amide bonds. The Balaban J connectivity index is 2.45. The molecule has 0 aromatic rings. The van der Waals surface area contributed by atoms with Crippen LogP contribution in [0.4, 0.5) is 4.79 Å². The van der Waals surface area contributed by atoms with Crippen LogP contribution in [0.2, 0.25) is 0 Å². The van der Waals surface area contributed by atoms with Crippen molar-refractivity contribution in [3.8, 4) is 0 Å². The second-order valence-corrected chi connectivity index (χ2v) is 4.79. The third-order valence-corrected chi connectivity index (χ3v) is 3.45. The van der Waals surface area contributed by atoms with Gasteiger partial charge < -0.3 is 14.8 Å². The van der Waals surface area contributed by atoms with Crippen LogP contribution in [-0.4, -0.2) is 31.8 Å². The van der Waals surface area contributed by atoms with E-state index in [1.54, 1.807) is 0 Å². The molecule has 108 valence electrons. The highest BCUT2D eigenvalue weighted by Gasteiger charge is 2.33. The summed E-state index contributed by atoms with van der Waals surface area (Å²) in [4.78, 5) is 23.1. The molecule has 0 aromatic heterocycles. The van der Waals surface area contributed by atoms with Crippen molar-refractivity contribution in [2.24, 2.45) is 5.92 Å². The fourth-order valence-electron chi connectivity index (χ4n) is 2.33. The van der Waals surface area contributed by atoms with Gasteiger partial charge in [-0.1, -0.05) is 26.3 Å². The monoisotopic (exact) mass is 269 g/mol. The molecule has 2 unspecified atom stereocenters. The minimum atomic E-state index is -0.414. The molecule has 1 saturated carbocycles. The van der Waals surface area contributed by atoms with Crippen molar-refractivity contribution in [3.63, 3.8) is 0 Å². The van der Waals surface area contributed by atoms with Crippen LogP contribution in [0.25, 0.3) is 0 Å². The fraction of sp³-hybridized carbons (Fsp3) is 0.714. The van der Waals surface area contributed by atoms with E-state index in [1.165, 1.54) is 7.11 Å². The lowest BCUT2D eigenvalue weighted by atomic mass is 9.95. The Morgan fingerprint density at radius 2 is 2.11 bits per heavy atom. The lowest BCUT2D eigenvalue weighted by Crippen LogP contribution is -2.39. The maximum atomic E-state index is 11.6. The second kappa shape index (κ2) is 7.81. The van der Waals surface area contributed by atoms with Gasteiger partial charge in [-0.05, 0) is 19.3 Å². The fourth-order valence-corrected chi connectivity index (χ4v) is 2.33. The molecule has 1 N–H and O–H groups in total. The molecule has 2 atom stereocenters. The van der Waals surface area contributed by atoms with Crippen LogP contribution in [0.3, 0.4) is 0 Å². The molecule has 0 bridgehead atoms. The smallest absolute Gasteiger partial charge is 0.407 e. The molecule has 5 nitrogen and oxygen atoms in total. The quantitative estimate of drug-likeness (QED) is 0.457. The van der Waals surface area contributed by atoms with Crippen molar-refractivity contribution in [2.75, 3.05) is 13.7 Å². The normalized spacial score (nSPS) is 21.8. The van der Waals surface area contributed by atoms with Gasteiger partial charge in [0, 0.05) is 17.5 Å². The Morgan fingerprint density at radius 1 is 1.37 bits per heavy atom. The Labute approximate surface area is 114 Å². The summed E-state index contributed by atoms with van der Waals surface area (Å²) in [5.74, 6) is -0.454. The molecular formula is C14H23NO4. The van der Waals surface area contributed by atoms with Gasteiger partial charge in [0.2, 0.25) is 0 Å². The third kappa shape index (κ3) is 4.58. The molecule has 0 radical (unpaired) electrons. The molecule has 1 aliphatic carbocycles. The number of amides is 1. The summed E-state index contributed by atoms with van der Waals surface area (Å²) in [6.45, 7) is 6.24. The van der Waals surface area contributed by atoms with E-state index in [0.29, 0.717) is 12.2 Å². The van der Waals surface area contributed by atoms with Crippen LogP contribution in [0.5, 0.6) is 0 Å². The van der Waals surface area contributed by atoms with Crippen molar-refractivity contribution in [1.82, 2.24) is 5.32 Å². The largest absolute Gasteiger partial charge is 0.466 e. The first kappa shape index (κ1) is 15.5. The topological polar surface area (TPSA) is 64.6 Å². The highest BCUT2D eigenvalue weighted by molar-refractivity contribution is 5.88. The predicted octanol–water partition coefficient (Wildman–Crippen LogP) is 2.41. The number of esters is 1. The number of hydrogen-bond acceptors (Lipinski definition) is 4. The Bertz CT molecular complexity index is 340. The lowest BCUT2D eigenvalue weighted by molar-refractivity contribution is -0.136. The molecule has 1 rings (SSSR count). The number of methoxy groups -OCH3 is 1. The highest BCUT2D eigenvalue weighted by atomic mass is 16.5. The first-order valence-electron chi connectivity index (χ1n) is 6.80. The van der Waals surface area contributed by atoms with Gasteiger partial charge in [-0.15, -0.1) is 0 Å². The number of hydrogen-bond donors (Lipinski definition) is 1. The first-order valence-corrected chi connectivity index (χ1v) is 6.80. The minimum Gasteiger partial charge on any atom is -0.466 e. The van der Waals surface area contributed by atoms with E-state index in [2.05, 4.69) is 16.6 Å². The van der Waals surface area contributed by atoms with E-state index in [4.69, 9.17) is 4.74 Å². The summed E-state index contributed by atoms with van der Waals surface area (Å²) in [6, 6.07) is -0.0827. The number of unbranched alkanes of at least 4 members (excludes halogenated alkanes) is 1. The molecule has 1 fully saturated rings. The Morgan fingerprint density at radius 3 is 2.74 bits per heavy atom. The van der Waals surface area contributed by atoms with Crippen LogP contribution >= 0.6 is 0 Å². The van der Waals surface area contributed by atoms with Gasteiger partial charge in [0.15, 0.2) is 0 Å². The zero-order chi connectivity index (χ0) is 14.3. The molecule has 5 heteroatoms. The van der Waals surface area contributed by atoms with Crippen LogP contribution in [0, 0.1) is 5.92 Å². The molecule has 0 aromatic carbocycles. The average Bonchev–Trinajstić information content (AvgIpc) is 2.85. The summed E-state index contributed by atoms with van der Waals surface area (Å²) in [5.41, 5.74) is 0.429. The van der Waals surface area contributed by atoms with Crippen LogP contribution < -0.4 is 5.32 Å². The number of carbonyl (C=O) groups excluding carboxylic acids is 2. The van der Waals surface area contributed by atoms with Gasteiger partial charge in [-0.3, -0.25) is 0 Å². The van der Waals surface area contributed by atoms with Crippen molar-refractivity contribution >= 4 is 12.1 Å². The first-order chi connectivity index (χ1) is 9.10. The highest BCUT2D eigenvalue weighted by Crippen LogP contribution is 2.31. The van der Waals surface area contributed by atoms with Crippen molar-refractivity contribution < 1.29 is 19.1 Å². The number of nitrogens with one attached hydrogen (secondary N) is 1. The summed E-state index contributed by atoms with van der Waals surface area (Å²) >= 11 is 0. The SMILES string of the molecule is C=C(C(=O)OC)C1CCCC1NC(=O)OCCCC. The molecular weight excluding hydrogens is 246 g/mol. The van der Waals surface area contributed by atoms with Crippen molar-refractivity contribution in [3.05, 3.63) is 12.2 Å². The lowest BCUT2D eigenvalue weighted by Gasteiger charge is -2.21. The number of carbonyl (C=O) groups is 2. The van der Waals surface area contributed by atoms with Gasteiger partial charge in [-0.2, -0.15) is 0 Å². The summed E-state index contributed by atoms with van der Waals surface area (Å²) in [7, 11) is 1.34. The number of ether oxygens (including phenoxy) is 2. The minimum absolute atomic E-state index is 0.0498. The Kier molecular flexibility index (Phi) is 6.39. The van der Waals surface area contributed by atoms with Gasteiger partial charge in [0.05, 0.1) is 13.7 Å². The van der Waals surface area contributed by atoms with E-state index in [9.17, 15) is 9.59 Å². The summed E-state index contributed by atoms with van der Waals surface area (Å²) in [5, 5.41) is 2.82. The summed E-state index contributed by atoms with van der Waals surface area (Å²) in [6.07, 6.45) is 4.07. The van der Waals surface area contributed by atoms with Crippen LogP contribution in [-0.2, 0) is 14.3 Å². The number of rotatable bonds is 6. The van der Waals surface area contributed by atoms with Gasteiger partial charge in [-0.25, -0.2) is 9.59 Å². The third-order valence-electron chi connectivity index (χ3n) is 3.45. The number of alkyl carbamates (subject to hydrolysis) is 1. The van der Waals surface area contributed by atoms with E-state index < -0.39 is 12.1 Å². The standard InChI is InChI=1S/C14H23NO4/c1-4-5-9-19-14(17)15-12-8-6-7-11(12)10(2)13(16)18-3/h11-12H,2,4-9H2,1,3H3,(H,15,17). The molecule has 0 heterocycles. The maximum absolute atomic E-state index is 11.6. The van der Waals surface area contributed by atoms with Crippen molar-refractivity contribution in [2.45, 2.75) is 45.1 Å². The molecule has 0 spiro atoms. The van der Waals surface area contributed by atoms with E-state index in [-0.39, 0.29) is 12.0 Å². The molecule has 0 aliphatic heterocycles. The Hall–Kier alpha value is -1.52. The molecule has 1 aliphatic rings. The van der Waals surface area contributed by atoms with Gasteiger partial charge in [0.1, 0.15) is 0 Å². The predicted molar refractivity (Wildman–Crippen MR) is 71.7 cm³/mol. The van der Waals surface area contributed by atoms with Crippen LogP contribution in [0.1, 0.15) is 39.0 Å². The summed E-state index contributed by atoms with van der Waals surface area (Å²) < 4.78 is 9.74. The van der Waals surface area contributed by atoms with Gasteiger partial charge in [0.25, 0.3) is 0 Å². The van der Waals surface area contributed by atoms with Crippen LogP contribution in [0.15, 0.2) is 12.2 Å². The van der Waals surface area contributed by atoms with Crippen molar-refractivity contribution in [1.29, 1.82) is 0 Å².